The Morgan fingerprint density at radius 1 is 0.833 bits per heavy atom. The van der Waals surface area contributed by atoms with Crippen LogP contribution in [0.2, 0.25) is 0 Å². The summed E-state index contributed by atoms with van der Waals surface area (Å²) in [5, 5.41) is 2.56. The molecule has 1 unspecified atom stereocenters. The first-order valence-corrected chi connectivity index (χ1v) is 8.69. The van der Waals surface area contributed by atoms with Gasteiger partial charge in [-0.05, 0) is 55.0 Å². The van der Waals surface area contributed by atoms with E-state index in [1.807, 2.05) is 12.1 Å². The van der Waals surface area contributed by atoms with E-state index in [4.69, 9.17) is 5.73 Å². The molecule has 0 bridgehead atoms. The molecule has 3 aromatic carbocycles. The predicted octanol–water partition coefficient (Wildman–Crippen LogP) is 5.99. The van der Waals surface area contributed by atoms with E-state index in [2.05, 4.69) is 80.3 Å². The van der Waals surface area contributed by atoms with Gasteiger partial charge in [0, 0.05) is 28.5 Å². The average molecular weight is 318 g/mol. The number of nitrogens with zero attached hydrogens (tertiary/aromatic N) is 1. The van der Waals surface area contributed by atoms with Crippen LogP contribution in [0.1, 0.15) is 27.2 Å². The van der Waals surface area contributed by atoms with Crippen molar-refractivity contribution in [2.45, 2.75) is 33.2 Å². The van der Waals surface area contributed by atoms with Crippen LogP contribution in [-0.4, -0.2) is 6.04 Å². The third-order valence-electron chi connectivity index (χ3n) is 4.45. The van der Waals surface area contributed by atoms with Crippen molar-refractivity contribution in [3.05, 3.63) is 66.7 Å². The van der Waals surface area contributed by atoms with E-state index in [1.165, 1.54) is 22.1 Å². The second-order valence-corrected chi connectivity index (χ2v) is 6.94. The van der Waals surface area contributed by atoms with Crippen LogP contribution in [0.15, 0.2) is 66.7 Å². The highest BCUT2D eigenvalue weighted by Crippen LogP contribution is 2.35. The molecular formula is C22H26N2. The number of benzene rings is 3. The van der Waals surface area contributed by atoms with Crippen LogP contribution in [-0.2, 0) is 0 Å². The van der Waals surface area contributed by atoms with Crippen LogP contribution in [0.4, 0.5) is 17.1 Å². The average Bonchev–Trinajstić information content (AvgIpc) is 2.56. The number of rotatable bonds is 5. The lowest BCUT2D eigenvalue weighted by Gasteiger charge is -2.33. The van der Waals surface area contributed by atoms with Gasteiger partial charge in [0.05, 0.1) is 0 Å². The maximum atomic E-state index is 5.89. The molecule has 0 saturated carbocycles. The van der Waals surface area contributed by atoms with Crippen molar-refractivity contribution in [2.24, 2.45) is 5.92 Å². The molecule has 0 spiro atoms. The molecule has 3 aromatic rings. The van der Waals surface area contributed by atoms with Gasteiger partial charge < -0.3 is 10.6 Å². The zero-order chi connectivity index (χ0) is 17.1. The highest BCUT2D eigenvalue weighted by Gasteiger charge is 2.19. The topological polar surface area (TPSA) is 29.3 Å². The minimum absolute atomic E-state index is 0.402. The fraction of sp³-hybridized carbons (Fsp3) is 0.273. The first kappa shape index (κ1) is 16.4. The Morgan fingerprint density at radius 3 is 2.21 bits per heavy atom. The highest BCUT2D eigenvalue weighted by molar-refractivity contribution is 5.96. The standard InChI is InChI=1S/C22H26N2/c1-16(2)15-17(3)24(20-13-11-19(23)12-14-20)22-10-6-8-18-7-4-5-9-21(18)22/h4-14,16-17H,15,23H2,1-3H3. The predicted molar refractivity (Wildman–Crippen MR) is 106 cm³/mol. The molecule has 24 heavy (non-hydrogen) atoms. The van der Waals surface area contributed by atoms with Gasteiger partial charge in [0.1, 0.15) is 0 Å². The first-order valence-electron chi connectivity index (χ1n) is 8.69. The lowest BCUT2D eigenvalue weighted by molar-refractivity contribution is 0.513. The summed E-state index contributed by atoms with van der Waals surface area (Å²) in [5.41, 5.74) is 9.14. The van der Waals surface area contributed by atoms with E-state index >= 15 is 0 Å². The van der Waals surface area contributed by atoms with Gasteiger partial charge in [0.25, 0.3) is 0 Å². The van der Waals surface area contributed by atoms with Crippen molar-refractivity contribution >= 4 is 27.8 Å². The maximum absolute atomic E-state index is 5.89. The van der Waals surface area contributed by atoms with E-state index in [0.29, 0.717) is 12.0 Å². The van der Waals surface area contributed by atoms with Crippen molar-refractivity contribution in [1.29, 1.82) is 0 Å². The minimum Gasteiger partial charge on any atom is -0.399 e. The number of nitrogen functional groups attached to an aromatic ring is 1. The van der Waals surface area contributed by atoms with Gasteiger partial charge in [-0.3, -0.25) is 0 Å². The van der Waals surface area contributed by atoms with E-state index in [0.717, 1.165) is 12.1 Å². The second-order valence-electron chi connectivity index (χ2n) is 6.94. The SMILES string of the molecule is CC(C)CC(C)N(c1ccc(N)cc1)c1cccc2ccccc12. The van der Waals surface area contributed by atoms with Gasteiger partial charge in [-0.15, -0.1) is 0 Å². The smallest absolute Gasteiger partial charge is 0.0492 e. The second kappa shape index (κ2) is 6.96. The Kier molecular flexibility index (Phi) is 4.75. The summed E-state index contributed by atoms with van der Waals surface area (Å²) >= 11 is 0. The van der Waals surface area contributed by atoms with Crippen LogP contribution in [0.25, 0.3) is 10.8 Å². The Morgan fingerprint density at radius 2 is 1.50 bits per heavy atom. The van der Waals surface area contributed by atoms with Crippen LogP contribution in [0.3, 0.4) is 0 Å². The van der Waals surface area contributed by atoms with Gasteiger partial charge in [0.2, 0.25) is 0 Å². The number of hydrogen-bond donors (Lipinski definition) is 1. The molecule has 0 aliphatic rings. The van der Waals surface area contributed by atoms with E-state index in [9.17, 15) is 0 Å². The zero-order valence-corrected chi connectivity index (χ0v) is 14.7. The van der Waals surface area contributed by atoms with Gasteiger partial charge >= 0.3 is 0 Å². The van der Waals surface area contributed by atoms with Crippen LogP contribution >= 0.6 is 0 Å². The highest BCUT2D eigenvalue weighted by atomic mass is 15.2. The summed E-state index contributed by atoms with van der Waals surface area (Å²) in [6.45, 7) is 6.86. The fourth-order valence-corrected chi connectivity index (χ4v) is 3.47. The van der Waals surface area contributed by atoms with Crippen molar-refractivity contribution in [3.63, 3.8) is 0 Å². The summed E-state index contributed by atoms with van der Waals surface area (Å²) in [6.07, 6.45) is 1.13. The Bertz CT molecular complexity index is 800. The lowest BCUT2D eigenvalue weighted by atomic mass is 10.0. The molecule has 2 nitrogen and oxygen atoms in total. The van der Waals surface area contributed by atoms with E-state index < -0.39 is 0 Å². The zero-order valence-electron chi connectivity index (χ0n) is 14.7. The van der Waals surface area contributed by atoms with Gasteiger partial charge in [0.15, 0.2) is 0 Å². The largest absolute Gasteiger partial charge is 0.399 e. The molecule has 2 heteroatoms. The van der Waals surface area contributed by atoms with Crippen LogP contribution in [0.5, 0.6) is 0 Å². The first-order chi connectivity index (χ1) is 11.6. The van der Waals surface area contributed by atoms with Gasteiger partial charge in [-0.2, -0.15) is 0 Å². The van der Waals surface area contributed by atoms with Crippen LogP contribution in [0, 0.1) is 5.92 Å². The van der Waals surface area contributed by atoms with E-state index in [-0.39, 0.29) is 0 Å². The maximum Gasteiger partial charge on any atom is 0.0492 e. The van der Waals surface area contributed by atoms with Crippen molar-refractivity contribution < 1.29 is 0 Å². The Labute approximate surface area is 144 Å². The summed E-state index contributed by atoms with van der Waals surface area (Å²) < 4.78 is 0. The minimum atomic E-state index is 0.402. The third kappa shape index (κ3) is 3.38. The molecule has 3 rings (SSSR count). The fourth-order valence-electron chi connectivity index (χ4n) is 3.47. The van der Waals surface area contributed by atoms with Crippen LogP contribution < -0.4 is 10.6 Å². The molecule has 0 amide bonds. The van der Waals surface area contributed by atoms with Crippen molar-refractivity contribution in [1.82, 2.24) is 0 Å². The number of nitrogens with two attached hydrogens (primary N) is 1. The molecule has 1 atom stereocenters. The Hall–Kier alpha value is -2.48. The molecule has 124 valence electrons. The molecule has 0 aromatic heterocycles. The molecule has 0 heterocycles. The normalized spacial score (nSPS) is 12.5. The molecule has 0 aliphatic heterocycles. The summed E-state index contributed by atoms with van der Waals surface area (Å²) in [5.74, 6) is 0.645. The van der Waals surface area contributed by atoms with Crippen molar-refractivity contribution in [3.8, 4) is 0 Å². The third-order valence-corrected chi connectivity index (χ3v) is 4.45. The summed E-state index contributed by atoms with van der Waals surface area (Å²) in [7, 11) is 0. The monoisotopic (exact) mass is 318 g/mol. The summed E-state index contributed by atoms with van der Waals surface area (Å²) in [6, 6.07) is 23.7. The Balaban J connectivity index is 2.14. The molecule has 2 N–H and O–H groups in total. The number of anilines is 3. The molecule has 0 aliphatic carbocycles. The molecular weight excluding hydrogens is 292 g/mol. The van der Waals surface area contributed by atoms with E-state index in [1.54, 1.807) is 0 Å². The molecule has 0 fully saturated rings. The van der Waals surface area contributed by atoms with Crippen molar-refractivity contribution in [2.75, 3.05) is 10.6 Å². The molecule has 0 radical (unpaired) electrons. The number of fused-ring (bicyclic) bond motifs is 1. The van der Waals surface area contributed by atoms with Gasteiger partial charge in [-0.25, -0.2) is 0 Å². The number of hydrogen-bond acceptors (Lipinski definition) is 2. The van der Waals surface area contributed by atoms with Gasteiger partial charge in [-0.1, -0.05) is 50.2 Å². The lowest BCUT2D eigenvalue weighted by Crippen LogP contribution is -2.29. The quantitative estimate of drug-likeness (QED) is 0.585. The summed E-state index contributed by atoms with van der Waals surface area (Å²) in [4.78, 5) is 2.45. The molecule has 0 saturated heterocycles.